The predicted octanol–water partition coefficient (Wildman–Crippen LogP) is 7.81. The number of carbonyl (C=O) groups is 2. The number of hydrogen-bond donors (Lipinski definition) is 2. The van der Waals surface area contributed by atoms with Crippen molar-refractivity contribution in [3.8, 4) is 46.0 Å². The van der Waals surface area contributed by atoms with E-state index in [0.29, 0.717) is 68.5 Å². The first-order valence-corrected chi connectivity index (χ1v) is 14.1. The van der Waals surface area contributed by atoms with Crippen LogP contribution in [0.2, 0.25) is 0 Å². The van der Waals surface area contributed by atoms with E-state index in [1.54, 1.807) is 91.0 Å². The Hall–Kier alpha value is -6.16. The lowest BCUT2D eigenvalue weighted by Crippen LogP contribution is -2.12. The summed E-state index contributed by atoms with van der Waals surface area (Å²) in [7, 11) is 6.11. The maximum Gasteiger partial charge on any atom is 0.255 e. The summed E-state index contributed by atoms with van der Waals surface area (Å²) in [5.74, 6) is 3.75. The Morgan fingerprint density at radius 1 is 0.435 bits per heavy atom. The fraction of sp³-hybridized carbons (Fsp3) is 0.111. The zero-order chi connectivity index (χ0) is 32.5. The van der Waals surface area contributed by atoms with E-state index >= 15 is 0 Å². The van der Waals surface area contributed by atoms with Gasteiger partial charge in [0.1, 0.15) is 23.0 Å². The first-order valence-electron chi connectivity index (χ1n) is 14.1. The van der Waals surface area contributed by atoms with E-state index in [1.165, 1.54) is 28.4 Å². The Kier molecular flexibility index (Phi) is 9.89. The van der Waals surface area contributed by atoms with Crippen LogP contribution in [-0.2, 0) is 0 Å². The molecule has 5 aromatic carbocycles. The quantitative estimate of drug-likeness (QED) is 0.145. The van der Waals surface area contributed by atoms with E-state index < -0.39 is 0 Å². The lowest BCUT2D eigenvalue weighted by Gasteiger charge is -2.12. The largest absolute Gasteiger partial charge is 0.493 e. The minimum atomic E-state index is -0.284. The third-order valence-corrected chi connectivity index (χ3v) is 6.79. The normalized spacial score (nSPS) is 10.3. The molecule has 0 fully saturated rings. The molecule has 10 nitrogen and oxygen atoms in total. The van der Waals surface area contributed by atoms with E-state index in [9.17, 15) is 9.59 Å². The van der Waals surface area contributed by atoms with Crippen LogP contribution in [0.3, 0.4) is 0 Å². The van der Waals surface area contributed by atoms with Crippen LogP contribution in [0.1, 0.15) is 20.7 Å². The highest BCUT2D eigenvalue weighted by molar-refractivity contribution is 6.05. The first kappa shape index (κ1) is 31.3. The molecule has 0 aromatic heterocycles. The Balaban J connectivity index is 1.16. The van der Waals surface area contributed by atoms with Crippen molar-refractivity contribution in [2.45, 2.75) is 0 Å². The van der Waals surface area contributed by atoms with Crippen molar-refractivity contribution >= 4 is 23.2 Å². The highest BCUT2D eigenvalue weighted by atomic mass is 16.5. The Bertz CT molecular complexity index is 1690. The Morgan fingerprint density at radius 2 is 0.826 bits per heavy atom. The maximum absolute atomic E-state index is 12.7. The molecule has 2 amide bonds. The van der Waals surface area contributed by atoms with Crippen molar-refractivity contribution in [3.05, 3.63) is 120 Å². The molecule has 0 atom stereocenters. The number of hydrogen-bond acceptors (Lipinski definition) is 8. The van der Waals surface area contributed by atoms with Crippen molar-refractivity contribution in [1.82, 2.24) is 0 Å². The molecule has 10 heteroatoms. The number of benzene rings is 5. The number of ether oxygens (including phenoxy) is 6. The molecule has 0 saturated heterocycles. The smallest absolute Gasteiger partial charge is 0.255 e. The summed E-state index contributed by atoms with van der Waals surface area (Å²) >= 11 is 0. The molecule has 5 rings (SSSR count). The summed E-state index contributed by atoms with van der Waals surface area (Å²) in [5.41, 5.74) is 2.08. The third kappa shape index (κ3) is 7.67. The second-order valence-electron chi connectivity index (χ2n) is 9.78. The highest BCUT2D eigenvalue weighted by Gasteiger charge is 2.13. The average Bonchev–Trinajstić information content (AvgIpc) is 3.09. The zero-order valence-corrected chi connectivity index (χ0v) is 25.7. The van der Waals surface area contributed by atoms with Crippen LogP contribution in [0.25, 0.3) is 0 Å². The van der Waals surface area contributed by atoms with Crippen LogP contribution in [0.15, 0.2) is 109 Å². The zero-order valence-electron chi connectivity index (χ0n) is 25.7. The topological polar surface area (TPSA) is 114 Å². The van der Waals surface area contributed by atoms with Crippen LogP contribution in [-0.4, -0.2) is 40.3 Å². The van der Waals surface area contributed by atoms with Crippen molar-refractivity contribution in [2.24, 2.45) is 0 Å². The molecule has 2 N–H and O–H groups in total. The molecular weight excluding hydrogens is 588 g/mol. The van der Waals surface area contributed by atoms with Crippen LogP contribution in [0.5, 0.6) is 46.0 Å². The lowest BCUT2D eigenvalue weighted by molar-refractivity contribution is 0.101. The SMILES string of the molecule is COc1ccc(C(=O)Nc2ccc(Oc3cccc(Oc4ccc(NC(=O)c5ccc(OC)c(OC)c5)cc4)c3)cc2)cc1OC. The summed E-state index contributed by atoms with van der Waals surface area (Å²) in [5, 5.41) is 5.72. The van der Waals surface area contributed by atoms with Crippen molar-refractivity contribution < 1.29 is 38.0 Å². The predicted molar refractivity (Wildman–Crippen MR) is 174 cm³/mol. The third-order valence-electron chi connectivity index (χ3n) is 6.79. The number of carbonyl (C=O) groups excluding carboxylic acids is 2. The standard InChI is InChI=1S/C36H32N2O8/c1-41-31-18-8-23(20-33(31)43-3)35(39)37-25-10-14-27(15-11-25)45-29-6-5-7-30(22-29)46-28-16-12-26(13-17-28)38-36(40)24-9-19-32(42-2)34(21-24)44-4/h5-22H,1-4H3,(H,37,39)(H,38,40). The molecule has 0 heterocycles. The van der Waals surface area contributed by atoms with Crippen molar-refractivity contribution in [3.63, 3.8) is 0 Å². The number of methoxy groups -OCH3 is 4. The molecule has 0 spiro atoms. The van der Waals surface area contributed by atoms with Gasteiger partial charge in [0.15, 0.2) is 23.0 Å². The van der Waals surface area contributed by atoms with E-state index in [4.69, 9.17) is 28.4 Å². The monoisotopic (exact) mass is 620 g/mol. The molecule has 5 aromatic rings. The number of anilines is 2. The van der Waals surface area contributed by atoms with Gasteiger partial charge in [0, 0.05) is 28.6 Å². The molecule has 234 valence electrons. The van der Waals surface area contributed by atoms with Gasteiger partial charge < -0.3 is 39.1 Å². The number of rotatable bonds is 12. The number of nitrogens with one attached hydrogen (secondary N) is 2. The Labute approximate surface area is 266 Å². The van der Waals surface area contributed by atoms with Crippen LogP contribution in [0, 0.1) is 0 Å². The van der Waals surface area contributed by atoms with Crippen LogP contribution >= 0.6 is 0 Å². The van der Waals surface area contributed by atoms with E-state index in [-0.39, 0.29) is 11.8 Å². The van der Waals surface area contributed by atoms with E-state index in [0.717, 1.165) is 0 Å². The average molecular weight is 621 g/mol. The molecule has 46 heavy (non-hydrogen) atoms. The van der Waals surface area contributed by atoms with Crippen LogP contribution < -0.4 is 39.1 Å². The minimum Gasteiger partial charge on any atom is -0.493 e. The highest BCUT2D eigenvalue weighted by Crippen LogP contribution is 2.31. The van der Waals surface area contributed by atoms with Gasteiger partial charge in [-0.2, -0.15) is 0 Å². The molecular formula is C36H32N2O8. The summed E-state index contributed by atoms with van der Waals surface area (Å²) in [6, 6.07) is 31.2. The molecule has 0 radical (unpaired) electrons. The van der Waals surface area contributed by atoms with Crippen LogP contribution in [0.4, 0.5) is 11.4 Å². The van der Waals surface area contributed by atoms with Gasteiger partial charge in [-0.05, 0) is 97.1 Å². The summed E-state index contributed by atoms with van der Waals surface area (Å²) in [4.78, 5) is 25.5. The summed E-state index contributed by atoms with van der Waals surface area (Å²) in [6.07, 6.45) is 0. The second-order valence-corrected chi connectivity index (χ2v) is 9.78. The fourth-order valence-corrected chi connectivity index (χ4v) is 4.45. The molecule has 0 aliphatic rings. The maximum atomic E-state index is 12.7. The van der Waals surface area contributed by atoms with Gasteiger partial charge in [-0.25, -0.2) is 0 Å². The van der Waals surface area contributed by atoms with Gasteiger partial charge >= 0.3 is 0 Å². The summed E-state index contributed by atoms with van der Waals surface area (Å²) in [6.45, 7) is 0. The minimum absolute atomic E-state index is 0.284. The summed E-state index contributed by atoms with van der Waals surface area (Å²) < 4.78 is 33.0. The molecule has 0 unspecified atom stereocenters. The molecule has 0 bridgehead atoms. The fourth-order valence-electron chi connectivity index (χ4n) is 4.45. The van der Waals surface area contributed by atoms with Gasteiger partial charge in [0.05, 0.1) is 28.4 Å². The van der Waals surface area contributed by atoms with Crippen molar-refractivity contribution in [2.75, 3.05) is 39.1 Å². The first-order chi connectivity index (χ1) is 22.4. The van der Waals surface area contributed by atoms with Gasteiger partial charge in [0.2, 0.25) is 0 Å². The van der Waals surface area contributed by atoms with Gasteiger partial charge in [-0.15, -0.1) is 0 Å². The second kappa shape index (κ2) is 14.5. The number of amides is 2. The Morgan fingerprint density at radius 3 is 1.20 bits per heavy atom. The van der Waals surface area contributed by atoms with E-state index in [2.05, 4.69) is 10.6 Å². The van der Waals surface area contributed by atoms with Gasteiger partial charge in [0.25, 0.3) is 11.8 Å². The van der Waals surface area contributed by atoms with Gasteiger partial charge in [-0.1, -0.05) is 6.07 Å². The lowest BCUT2D eigenvalue weighted by atomic mass is 10.2. The molecule has 0 aliphatic heterocycles. The molecule has 0 aliphatic carbocycles. The van der Waals surface area contributed by atoms with Gasteiger partial charge in [-0.3, -0.25) is 9.59 Å². The molecule has 0 saturated carbocycles. The van der Waals surface area contributed by atoms with E-state index in [1.807, 2.05) is 18.2 Å². The van der Waals surface area contributed by atoms with Crippen molar-refractivity contribution in [1.29, 1.82) is 0 Å².